The lowest BCUT2D eigenvalue weighted by Gasteiger charge is -2.08. The van der Waals surface area contributed by atoms with Crippen LogP contribution in [0.3, 0.4) is 0 Å². The summed E-state index contributed by atoms with van der Waals surface area (Å²) in [6.07, 6.45) is 0. The molecule has 0 atom stereocenters. The van der Waals surface area contributed by atoms with Crippen molar-refractivity contribution in [1.29, 1.82) is 0 Å². The van der Waals surface area contributed by atoms with Gasteiger partial charge >= 0.3 is 0 Å². The normalized spacial score (nSPS) is 10.7. The van der Waals surface area contributed by atoms with Crippen molar-refractivity contribution in [2.75, 3.05) is 6.61 Å². The summed E-state index contributed by atoms with van der Waals surface area (Å²) in [6, 6.07) is 8.77. The van der Waals surface area contributed by atoms with E-state index in [0.717, 1.165) is 10.7 Å². The minimum absolute atomic E-state index is 0.0981. The maximum atomic E-state index is 11.9. The molecule has 0 aliphatic carbocycles. The molecule has 0 radical (unpaired) electrons. The fraction of sp³-hybridized carbons (Fsp3) is 0.176. The quantitative estimate of drug-likeness (QED) is 0.595. The molecule has 0 saturated carbocycles. The molecular formula is C17H14BrClN2O3S. The van der Waals surface area contributed by atoms with E-state index in [1.807, 2.05) is 24.4 Å². The highest BCUT2D eigenvalue weighted by molar-refractivity contribution is 9.10. The van der Waals surface area contributed by atoms with Crippen molar-refractivity contribution in [3.63, 3.8) is 0 Å². The van der Waals surface area contributed by atoms with Crippen molar-refractivity contribution >= 4 is 44.8 Å². The average Bonchev–Trinajstić information content (AvgIpc) is 3.21. The van der Waals surface area contributed by atoms with Crippen LogP contribution >= 0.6 is 38.9 Å². The number of furan rings is 1. The lowest BCUT2D eigenvalue weighted by molar-refractivity contribution is -0.123. The molecular weight excluding hydrogens is 428 g/mol. The van der Waals surface area contributed by atoms with Crippen LogP contribution in [0.5, 0.6) is 5.75 Å². The van der Waals surface area contributed by atoms with Gasteiger partial charge < -0.3 is 14.5 Å². The van der Waals surface area contributed by atoms with Crippen molar-refractivity contribution in [3.05, 3.63) is 56.0 Å². The first-order chi connectivity index (χ1) is 12.0. The molecule has 0 aliphatic heterocycles. The highest BCUT2D eigenvalue weighted by atomic mass is 79.9. The first-order valence-electron chi connectivity index (χ1n) is 7.37. The smallest absolute Gasteiger partial charge is 0.258 e. The molecule has 0 spiro atoms. The Balaban J connectivity index is 1.50. The molecule has 2 aromatic heterocycles. The van der Waals surface area contributed by atoms with Crippen molar-refractivity contribution in [2.24, 2.45) is 0 Å². The molecule has 0 aliphatic rings. The van der Waals surface area contributed by atoms with Gasteiger partial charge in [0.1, 0.15) is 17.2 Å². The standard InChI is InChI=1S/C17H14BrClN2O3S/c1-10-21-14(9-25-10)16-5-3-12(24-16)7-20-17(22)8-23-15-4-2-11(19)6-13(15)18/h2-6,9H,7-8H2,1H3,(H,20,22). The van der Waals surface area contributed by atoms with Crippen LogP contribution < -0.4 is 10.1 Å². The van der Waals surface area contributed by atoms with Crippen LogP contribution in [-0.2, 0) is 11.3 Å². The Kier molecular flexibility index (Phi) is 5.78. The summed E-state index contributed by atoms with van der Waals surface area (Å²) >= 11 is 10.8. The van der Waals surface area contributed by atoms with Gasteiger partial charge in [-0.1, -0.05) is 11.6 Å². The zero-order chi connectivity index (χ0) is 17.8. The largest absolute Gasteiger partial charge is 0.483 e. The number of amides is 1. The van der Waals surface area contributed by atoms with E-state index in [9.17, 15) is 4.79 Å². The van der Waals surface area contributed by atoms with Crippen molar-refractivity contribution < 1.29 is 13.9 Å². The molecule has 1 aromatic carbocycles. The Morgan fingerprint density at radius 2 is 2.24 bits per heavy atom. The van der Waals surface area contributed by atoms with Gasteiger partial charge in [0.25, 0.3) is 5.91 Å². The summed E-state index contributed by atoms with van der Waals surface area (Å²) < 4.78 is 11.9. The molecule has 130 valence electrons. The predicted molar refractivity (Wildman–Crippen MR) is 101 cm³/mol. The maximum Gasteiger partial charge on any atom is 0.258 e. The molecule has 1 N–H and O–H groups in total. The summed E-state index contributed by atoms with van der Waals surface area (Å²) in [5.74, 6) is 1.65. The second-order valence-corrected chi connectivity index (χ2v) is 7.51. The summed E-state index contributed by atoms with van der Waals surface area (Å²) in [6.45, 7) is 2.13. The molecule has 3 rings (SSSR count). The van der Waals surface area contributed by atoms with Crippen molar-refractivity contribution in [2.45, 2.75) is 13.5 Å². The number of ether oxygens (including phenoxy) is 1. The number of halogens is 2. The Labute approximate surface area is 162 Å². The highest BCUT2D eigenvalue weighted by Crippen LogP contribution is 2.28. The molecule has 8 heteroatoms. The number of carbonyl (C=O) groups excluding carboxylic acids is 1. The predicted octanol–water partition coefficient (Wildman–Crippen LogP) is 4.82. The van der Waals surface area contributed by atoms with Crippen LogP contribution in [0.1, 0.15) is 10.8 Å². The van der Waals surface area contributed by atoms with Gasteiger partial charge in [-0.05, 0) is 53.2 Å². The number of hydrogen-bond donors (Lipinski definition) is 1. The number of rotatable bonds is 6. The Bertz CT molecular complexity index is 894. The first kappa shape index (κ1) is 18.0. The first-order valence-corrected chi connectivity index (χ1v) is 9.42. The van der Waals surface area contributed by atoms with Gasteiger partial charge in [0.05, 0.1) is 16.0 Å². The molecule has 2 heterocycles. The van der Waals surface area contributed by atoms with E-state index in [2.05, 4.69) is 26.2 Å². The molecule has 1 amide bonds. The van der Waals surface area contributed by atoms with Crippen LogP contribution in [0.4, 0.5) is 0 Å². The zero-order valence-electron chi connectivity index (χ0n) is 13.2. The van der Waals surface area contributed by atoms with Gasteiger partial charge in [-0.15, -0.1) is 11.3 Å². The molecule has 0 saturated heterocycles. The van der Waals surface area contributed by atoms with E-state index in [0.29, 0.717) is 26.8 Å². The topological polar surface area (TPSA) is 64.4 Å². The highest BCUT2D eigenvalue weighted by Gasteiger charge is 2.10. The second-order valence-electron chi connectivity index (χ2n) is 5.16. The summed E-state index contributed by atoms with van der Waals surface area (Å²) in [5, 5.41) is 6.26. The second kappa shape index (κ2) is 8.03. The number of benzene rings is 1. The number of carbonyl (C=O) groups is 1. The Morgan fingerprint density at radius 1 is 1.40 bits per heavy atom. The van der Waals surface area contributed by atoms with Gasteiger partial charge in [0, 0.05) is 10.4 Å². The van der Waals surface area contributed by atoms with Crippen molar-refractivity contribution in [3.8, 4) is 17.2 Å². The molecule has 25 heavy (non-hydrogen) atoms. The molecule has 0 bridgehead atoms. The molecule has 0 unspecified atom stereocenters. The zero-order valence-corrected chi connectivity index (χ0v) is 16.4. The number of nitrogens with one attached hydrogen (secondary N) is 1. The van der Waals surface area contributed by atoms with E-state index in [-0.39, 0.29) is 19.1 Å². The van der Waals surface area contributed by atoms with E-state index in [1.54, 1.807) is 29.5 Å². The fourth-order valence-electron chi connectivity index (χ4n) is 2.06. The van der Waals surface area contributed by atoms with Crippen LogP contribution in [0.2, 0.25) is 5.02 Å². The molecule has 3 aromatic rings. The maximum absolute atomic E-state index is 11.9. The van der Waals surface area contributed by atoms with Gasteiger partial charge in [-0.3, -0.25) is 4.79 Å². The minimum atomic E-state index is -0.246. The average molecular weight is 442 g/mol. The van der Waals surface area contributed by atoms with Crippen LogP contribution in [0.15, 0.2) is 44.6 Å². The monoisotopic (exact) mass is 440 g/mol. The van der Waals surface area contributed by atoms with Crippen LogP contribution in [-0.4, -0.2) is 17.5 Å². The van der Waals surface area contributed by atoms with E-state index in [1.165, 1.54) is 0 Å². The third-order valence-corrected chi connectivity index (χ3v) is 4.87. The molecule has 5 nitrogen and oxygen atoms in total. The van der Waals surface area contributed by atoms with E-state index in [4.69, 9.17) is 20.8 Å². The van der Waals surface area contributed by atoms with Crippen molar-refractivity contribution in [1.82, 2.24) is 10.3 Å². The number of thiazole rings is 1. The Morgan fingerprint density at radius 3 is 2.96 bits per heavy atom. The number of hydrogen-bond acceptors (Lipinski definition) is 5. The third-order valence-electron chi connectivity index (χ3n) is 3.25. The number of aryl methyl sites for hydroxylation is 1. The van der Waals surface area contributed by atoms with Gasteiger partial charge in [0.15, 0.2) is 12.4 Å². The Hall–Kier alpha value is -1.83. The van der Waals surface area contributed by atoms with E-state index < -0.39 is 0 Å². The van der Waals surface area contributed by atoms with Crippen LogP contribution in [0.25, 0.3) is 11.5 Å². The SMILES string of the molecule is Cc1nc(-c2ccc(CNC(=O)COc3ccc(Cl)cc3Br)o2)cs1. The lowest BCUT2D eigenvalue weighted by atomic mass is 10.3. The summed E-state index contributed by atoms with van der Waals surface area (Å²) in [4.78, 5) is 16.3. The number of aromatic nitrogens is 1. The van der Waals surface area contributed by atoms with Crippen LogP contribution in [0, 0.1) is 6.92 Å². The lowest BCUT2D eigenvalue weighted by Crippen LogP contribution is -2.28. The third kappa shape index (κ3) is 4.84. The van der Waals surface area contributed by atoms with Gasteiger partial charge in [-0.25, -0.2) is 4.98 Å². The van der Waals surface area contributed by atoms with E-state index >= 15 is 0 Å². The summed E-state index contributed by atoms with van der Waals surface area (Å²) in [7, 11) is 0. The summed E-state index contributed by atoms with van der Waals surface area (Å²) in [5.41, 5.74) is 0.802. The fourth-order valence-corrected chi connectivity index (χ4v) is 3.46. The number of nitrogens with zero attached hydrogens (tertiary/aromatic N) is 1. The van der Waals surface area contributed by atoms with Gasteiger partial charge in [0.2, 0.25) is 0 Å². The van der Waals surface area contributed by atoms with Gasteiger partial charge in [-0.2, -0.15) is 0 Å². The molecule has 0 fully saturated rings. The minimum Gasteiger partial charge on any atom is -0.483 e.